The Bertz CT molecular complexity index is 962. The van der Waals surface area contributed by atoms with Gasteiger partial charge in [0.05, 0.1) is 23.1 Å². The molecule has 8 heteroatoms. The van der Waals surface area contributed by atoms with E-state index in [4.69, 9.17) is 16.3 Å². The third kappa shape index (κ3) is 4.26. The van der Waals surface area contributed by atoms with Crippen molar-refractivity contribution in [3.05, 3.63) is 58.6 Å². The molecule has 0 aliphatic carbocycles. The molecule has 27 heavy (non-hydrogen) atoms. The Morgan fingerprint density at radius 3 is 2.59 bits per heavy atom. The molecule has 0 unspecified atom stereocenters. The van der Waals surface area contributed by atoms with E-state index in [1.165, 1.54) is 30.9 Å². The molecule has 0 saturated carbocycles. The standard InChI is InChI=1S/C19H21ClN2O4S/c1-13(19(23)22-10-9-14-5-3-4-6-15(14)12-22)21-27(24,25)16-7-8-18(26-2)17(20)11-16/h3-8,11,13,21H,9-10,12H2,1-2H3/t13-/m1/s1. The van der Waals surface area contributed by atoms with Crippen LogP contribution in [0.5, 0.6) is 5.75 Å². The number of benzene rings is 2. The van der Waals surface area contributed by atoms with Gasteiger partial charge in [0.25, 0.3) is 0 Å². The van der Waals surface area contributed by atoms with Crippen LogP contribution in [0.3, 0.4) is 0 Å². The fourth-order valence-corrected chi connectivity index (χ4v) is 4.67. The Kier molecular flexibility index (Phi) is 5.74. The van der Waals surface area contributed by atoms with Crippen LogP contribution >= 0.6 is 11.6 Å². The molecular weight excluding hydrogens is 388 g/mol. The average molecular weight is 409 g/mol. The van der Waals surface area contributed by atoms with Gasteiger partial charge in [-0.25, -0.2) is 8.42 Å². The quantitative estimate of drug-likeness (QED) is 0.825. The third-order valence-corrected chi connectivity index (χ3v) is 6.41. The molecule has 0 bridgehead atoms. The van der Waals surface area contributed by atoms with Gasteiger partial charge in [-0.1, -0.05) is 35.9 Å². The van der Waals surface area contributed by atoms with Gasteiger partial charge in [-0.15, -0.1) is 0 Å². The topological polar surface area (TPSA) is 75.7 Å². The maximum Gasteiger partial charge on any atom is 0.241 e. The normalized spacial score (nSPS) is 15.1. The number of nitrogens with zero attached hydrogens (tertiary/aromatic N) is 1. The van der Waals surface area contributed by atoms with Crippen LogP contribution in [0.15, 0.2) is 47.4 Å². The minimum Gasteiger partial charge on any atom is -0.495 e. The van der Waals surface area contributed by atoms with Crippen LogP contribution in [0.25, 0.3) is 0 Å². The third-order valence-electron chi connectivity index (χ3n) is 4.58. The molecule has 1 aliphatic rings. The molecule has 0 saturated heterocycles. The van der Waals surface area contributed by atoms with Crippen LogP contribution in [0, 0.1) is 0 Å². The maximum atomic E-state index is 12.7. The van der Waals surface area contributed by atoms with Gasteiger partial charge in [-0.3, -0.25) is 4.79 Å². The number of amides is 1. The summed E-state index contributed by atoms with van der Waals surface area (Å²) in [5.74, 6) is 0.124. The number of methoxy groups -OCH3 is 1. The van der Waals surface area contributed by atoms with Crippen molar-refractivity contribution in [1.82, 2.24) is 9.62 Å². The van der Waals surface area contributed by atoms with Gasteiger partial charge in [0.15, 0.2) is 0 Å². The highest BCUT2D eigenvalue weighted by atomic mass is 35.5. The molecule has 0 aromatic heterocycles. The van der Waals surface area contributed by atoms with E-state index in [-0.39, 0.29) is 15.8 Å². The summed E-state index contributed by atoms with van der Waals surface area (Å²) in [6.45, 7) is 2.59. The Morgan fingerprint density at radius 1 is 1.22 bits per heavy atom. The van der Waals surface area contributed by atoms with Gasteiger partial charge < -0.3 is 9.64 Å². The van der Waals surface area contributed by atoms with E-state index in [0.717, 1.165) is 12.0 Å². The fraction of sp³-hybridized carbons (Fsp3) is 0.316. The van der Waals surface area contributed by atoms with Crippen LogP contribution in [-0.2, 0) is 27.8 Å². The average Bonchev–Trinajstić information content (AvgIpc) is 2.66. The lowest BCUT2D eigenvalue weighted by Crippen LogP contribution is -2.48. The van der Waals surface area contributed by atoms with Crippen molar-refractivity contribution >= 4 is 27.5 Å². The second-order valence-corrected chi connectivity index (χ2v) is 8.54. The minimum absolute atomic E-state index is 0.0167. The van der Waals surface area contributed by atoms with Gasteiger partial charge >= 0.3 is 0 Å². The summed E-state index contributed by atoms with van der Waals surface area (Å²) in [5.41, 5.74) is 2.32. The second-order valence-electron chi connectivity index (χ2n) is 6.42. The first-order valence-electron chi connectivity index (χ1n) is 8.53. The molecule has 0 radical (unpaired) electrons. The van der Waals surface area contributed by atoms with Gasteiger partial charge in [-0.05, 0) is 42.7 Å². The summed E-state index contributed by atoms with van der Waals surface area (Å²) in [6.07, 6.45) is 0.759. The van der Waals surface area contributed by atoms with E-state index in [0.29, 0.717) is 18.8 Å². The van der Waals surface area contributed by atoms with Gasteiger partial charge in [-0.2, -0.15) is 4.72 Å². The summed E-state index contributed by atoms with van der Waals surface area (Å²) >= 11 is 6.01. The molecule has 0 spiro atoms. The number of hydrogen-bond acceptors (Lipinski definition) is 4. The van der Waals surface area contributed by atoms with Crippen molar-refractivity contribution in [2.75, 3.05) is 13.7 Å². The molecule has 1 amide bonds. The van der Waals surface area contributed by atoms with Crippen molar-refractivity contribution in [1.29, 1.82) is 0 Å². The molecule has 144 valence electrons. The number of sulfonamides is 1. The molecule has 0 fully saturated rings. The largest absolute Gasteiger partial charge is 0.495 e. The van der Waals surface area contributed by atoms with E-state index in [2.05, 4.69) is 10.8 Å². The molecule has 1 heterocycles. The van der Waals surface area contributed by atoms with Crippen molar-refractivity contribution in [2.24, 2.45) is 0 Å². The van der Waals surface area contributed by atoms with Crippen LogP contribution in [0.1, 0.15) is 18.1 Å². The summed E-state index contributed by atoms with van der Waals surface area (Å²) in [6, 6.07) is 11.2. The number of fused-ring (bicyclic) bond motifs is 1. The SMILES string of the molecule is COc1ccc(S(=O)(=O)N[C@H](C)C(=O)N2CCc3ccccc3C2)cc1Cl. The van der Waals surface area contributed by atoms with Crippen LogP contribution < -0.4 is 9.46 Å². The Hall–Kier alpha value is -2.09. The molecule has 2 aromatic rings. The number of rotatable bonds is 5. The monoisotopic (exact) mass is 408 g/mol. The van der Waals surface area contributed by atoms with Crippen molar-refractivity contribution in [2.45, 2.75) is 30.8 Å². The fourth-order valence-electron chi connectivity index (χ4n) is 3.12. The number of hydrogen-bond donors (Lipinski definition) is 1. The Balaban J connectivity index is 1.71. The first kappa shape index (κ1) is 19.7. The lowest BCUT2D eigenvalue weighted by atomic mass is 9.99. The first-order chi connectivity index (χ1) is 12.8. The smallest absolute Gasteiger partial charge is 0.241 e. The predicted molar refractivity (Wildman–Crippen MR) is 103 cm³/mol. The van der Waals surface area contributed by atoms with E-state index in [1.807, 2.05) is 18.2 Å². The molecule has 2 aromatic carbocycles. The highest BCUT2D eigenvalue weighted by Gasteiger charge is 2.28. The molecule has 1 N–H and O–H groups in total. The minimum atomic E-state index is -3.89. The lowest BCUT2D eigenvalue weighted by Gasteiger charge is -2.31. The Morgan fingerprint density at radius 2 is 1.93 bits per heavy atom. The maximum absolute atomic E-state index is 12.7. The van der Waals surface area contributed by atoms with Crippen LogP contribution in [0.2, 0.25) is 5.02 Å². The number of carbonyl (C=O) groups excluding carboxylic acids is 1. The second kappa shape index (κ2) is 7.88. The number of halogens is 1. The molecular formula is C19H21ClN2O4S. The highest BCUT2D eigenvalue weighted by molar-refractivity contribution is 7.89. The van der Waals surface area contributed by atoms with Crippen molar-refractivity contribution in [3.8, 4) is 5.75 Å². The van der Waals surface area contributed by atoms with E-state index >= 15 is 0 Å². The molecule has 3 rings (SSSR count). The summed E-state index contributed by atoms with van der Waals surface area (Å²) in [7, 11) is -2.44. The number of carbonyl (C=O) groups is 1. The predicted octanol–water partition coefficient (Wildman–Crippen LogP) is 2.60. The molecule has 6 nitrogen and oxygen atoms in total. The van der Waals surface area contributed by atoms with Gasteiger partial charge in [0.1, 0.15) is 5.75 Å². The summed E-state index contributed by atoms with van der Waals surface area (Å²) in [4.78, 5) is 14.4. The molecule has 1 atom stereocenters. The zero-order valence-corrected chi connectivity index (χ0v) is 16.7. The van der Waals surface area contributed by atoms with Crippen molar-refractivity contribution in [3.63, 3.8) is 0 Å². The van der Waals surface area contributed by atoms with Crippen LogP contribution in [-0.4, -0.2) is 38.9 Å². The van der Waals surface area contributed by atoms with Crippen LogP contribution in [0.4, 0.5) is 0 Å². The zero-order valence-electron chi connectivity index (χ0n) is 15.1. The van der Waals surface area contributed by atoms with Gasteiger partial charge in [0.2, 0.25) is 15.9 Å². The number of nitrogens with one attached hydrogen (secondary N) is 1. The lowest BCUT2D eigenvalue weighted by molar-refractivity contribution is -0.133. The molecule has 1 aliphatic heterocycles. The zero-order chi connectivity index (χ0) is 19.6. The van der Waals surface area contributed by atoms with E-state index in [9.17, 15) is 13.2 Å². The first-order valence-corrected chi connectivity index (χ1v) is 10.4. The highest BCUT2D eigenvalue weighted by Crippen LogP contribution is 2.27. The summed E-state index contributed by atoms with van der Waals surface area (Å²) in [5, 5.41) is 0.187. The summed E-state index contributed by atoms with van der Waals surface area (Å²) < 4.78 is 32.7. The van der Waals surface area contributed by atoms with Gasteiger partial charge in [0, 0.05) is 13.1 Å². The Labute approximate surface area is 164 Å². The van der Waals surface area contributed by atoms with Crippen molar-refractivity contribution < 1.29 is 17.9 Å². The van der Waals surface area contributed by atoms with E-state index < -0.39 is 16.1 Å². The van der Waals surface area contributed by atoms with E-state index in [1.54, 1.807) is 11.8 Å². The number of ether oxygens (including phenoxy) is 1.